The summed E-state index contributed by atoms with van der Waals surface area (Å²) < 4.78 is 26.4. The van der Waals surface area contributed by atoms with E-state index in [1.165, 1.54) is 25.0 Å². The first kappa shape index (κ1) is 30.5. The van der Waals surface area contributed by atoms with E-state index in [0.29, 0.717) is 17.2 Å². The molecule has 0 saturated carbocycles. The lowest BCUT2D eigenvalue weighted by molar-refractivity contribution is -0.0591. The second-order valence-corrected chi connectivity index (χ2v) is 10.2. The van der Waals surface area contributed by atoms with Crippen molar-refractivity contribution >= 4 is 28.6 Å². The Morgan fingerprint density at radius 3 is 2.46 bits per heavy atom. The first-order chi connectivity index (χ1) is 20.0. The molecule has 0 radical (unpaired) electrons. The third kappa shape index (κ3) is 8.28. The van der Waals surface area contributed by atoms with Gasteiger partial charge in [0.15, 0.2) is 11.6 Å². The largest absolute Gasteiger partial charge is 0.486 e. The molecule has 41 heavy (non-hydrogen) atoms. The maximum Gasteiger partial charge on any atom is 0.335 e. The van der Waals surface area contributed by atoms with Gasteiger partial charge in [0.1, 0.15) is 12.4 Å². The van der Waals surface area contributed by atoms with E-state index in [9.17, 15) is 14.3 Å². The standard InChI is InChI=1S/C17H21N3O3.C13H10ClFO.C2H6/c21-17(22)12-3-4-14-15(9-12)20(10-13-5-8-23-13)16(18-14)11-19-6-1-2-7-19;14-11-6-7-13(12(15)8-11)16-9-10-4-2-1-3-5-10;1-2/h3-4,9,13H,1-2,5-8,10-11H2,(H,21,22);1-8H,9H2;1-2H3. The van der Waals surface area contributed by atoms with Crippen molar-refractivity contribution in [2.45, 2.75) is 58.9 Å². The molecule has 3 heterocycles. The van der Waals surface area contributed by atoms with Crippen LogP contribution in [0.25, 0.3) is 11.0 Å². The minimum atomic E-state index is -0.902. The van der Waals surface area contributed by atoms with E-state index < -0.39 is 11.8 Å². The molecule has 1 N–H and O–H groups in total. The predicted octanol–water partition coefficient (Wildman–Crippen LogP) is 7.20. The van der Waals surface area contributed by atoms with Gasteiger partial charge in [-0.15, -0.1) is 0 Å². The van der Waals surface area contributed by atoms with Gasteiger partial charge < -0.3 is 19.1 Å². The Kier molecular flexibility index (Phi) is 11.1. The van der Waals surface area contributed by atoms with Crippen LogP contribution >= 0.6 is 11.6 Å². The highest BCUT2D eigenvalue weighted by molar-refractivity contribution is 6.30. The van der Waals surface area contributed by atoms with E-state index in [4.69, 9.17) is 26.1 Å². The summed E-state index contributed by atoms with van der Waals surface area (Å²) in [5.74, 6) is -0.114. The first-order valence-corrected chi connectivity index (χ1v) is 14.5. The molecule has 2 saturated heterocycles. The van der Waals surface area contributed by atoms with Gasteiger partial charge in [-0.3, -0.25) is 4.90 Å². The monoisotopic (exact) mass is 581 g/mol. The van der Waals surface area contributed by atoms with Crippen LogP contribution in [0, 0.1) is 5.82 Å². The normalized spacial score (nSPS) is 16.2. The quantitative estimate of drug-likeness (QED) is 0.237. The lowest BCUT2D eigenvalue weighted by atomic mass is 10.1. The van der Waals surface area contributed by atoms with Gasteiger partial charge in [-0.25, -0.2) is 14.2 Å². The van der Waals surface area contributed by atoms with Gasteiger partial charge >= 0.3 is 5.97 Å². The fourth-order valence-corrected chi connectivity index (χ4v) is 4.89. The van der Waals surface area contributed by atoms with Gasteiger partial charge in [0.2, 0.25) is 0 Å². The van der Waals surface area contributed by atoms with Crippen molar-refractivity contribution in [1.29, 1.82) is 0 Å². The van der Waals surface area contributed by atoms with E-state index in [1.54, 1.807) is 18.2 Å². The Hall–Kier alpha value is -3.46. The van der Waals surface area contributed by atoms with E-state index in [2.05, 4.69) is 9.47 Å². The lowest BCUT2D eigenvalue weighted by Gasteiger charge is -2.28. The van der Waals surface area contributed by atoms with Gasteiger partial charge in [-0.05, 0) is 74.3 Å². The molecule has 0 bridgehead atoms. The number of ether oxygens (including phenoxy) is 2. The molecule has 2 aliphatic heterocycles. The van der Waals surface area contributed by atoms with Crippen molar-refractivity contribution in [1.82, 2.24) is 14.5 Å². The molecule has 1 atom stereocenters. The zero-order valence-electron chi connectivity index (χ0n) is 23.6. The molecule has 4 aromatic rings. The van der Waals surface area contributed by atoms with Crippen LogP contribution in [0.4, 0.5) is 4.39 Å². The van der Waals surface area contributed by atoms with E-state index >= 15 is 0 Å². The van der Waals surface area contributed by atoms with Gasteiger partial charge in [0.05, 0.1) is 35.8 Å². The maximum atomic E-state index is 13.3. The molecule has 1 unspecified atom stereocenters. The summed E-state index contributed by atoms with van der Waals surface area (Å²) in [6.07, 6.45) is 3.77. The van der Waals surface area contributed by atoms with Crippen LogP contribution in [-0.2, 0) is 24.4 Å². The number of hydrogen-bond donors (Lipinski definition) is 1. The number of likely N-dealkylation sites (tertiary alicyclic amines) is 1. The number of halogens is 2. The fourth-order valence-electron chi connectivity index (χ4n) is 4.73. The summed E-state index contributed by atoms with van der Waals surface area (Å²) in [6, 6.07) is 19.1. The molecule has 9 heteroatoms. The molecule has 0 aliphatic carbocycles. The molecule has 2 aliphatic rings. The van der Waals surface area contributed by atoms with E-state index in [0.717, 1.165) is 61.6 Å². The van der Waals surface area contributed by atoms with Crippen LogP contribution in [0.15, 0.2) is 66.7 Å². The molecule has 2 fully saturated rings. The summed E-state index contributed by atoms with van der Waals surface area (Å²) in [5.41, 5.74) is 3.07. The van der Waals surface area contributed by atoms with Crippen LogP contribution in [-0.4, -0.2) is 51.3 Å². The highest BCUT2D eigenvalue weighted by Crippen LogP contribution is 2.24. The molecule has 218 valence electrons. The van der Waals surface area contributed by atoms with Crippen molar-refractivity contribution in [2.24, 2.45) is 0 Å². The molecular formula is C32H37ClFN3O4. The van der Waals surface area contributed by atoms with E-state index in [1.807, 2.05) is 50.2 Å². The average molecular weight is 582 g/mol. The Bertz CT molecular complexity index is 1420. The van der Waals surface area contributed by atoms with Crippen LogP contribution in [0.3, 0.4) is 0 Å². The van der Waals surface area contributed by atoms with Gasteiger partial charge in [-0.1, -0.05) is 55.8 Å². The van der Waals surface area contributed by atoms with Crippen LogP contribution < -0.4 is 4.74 Å². The Balaban J connectivity index is 0.000000189. The second kappa shape index (κ2) is 15.0. The predicted molar refractivity (Wildman–Crippen MR) is 159 cm³/mol. The average Bonchev–Trinajstić information content (AvgIpc) is 3.59. The zero-order valence-corrected chi connectivity index (χ0v) is 24.3. The molecule has 1 aromatic heterocycles. The van der Waals surface area contributed by atoms with Crippen molar-refractivity contribution in [2.75, 3.05) is 19.7 Å². The van der Waals surface area contributed by atoms with Crippen molar-refractivity contribution in [3.8, 4) is 5.75 Å². The molecule has 7 nitrogen and oxygen atoms in total. The number of rotatable bonds is 8. The van der Waals surface area contributed by atoms with Crippen LogP contribution in [0.1, 0.15) is 54.9 Å². The number of carboxylic acid groups (broad SMARTS) is 1. The summed E-state index contributed by atoms with van der Waals surface area (Å²) in [7, 11) is 0. The van der Waals surface area contributed by atoms with Gasteiger partial charge in [-0.2, -0.15) is 0 Å². The third-order valence-corrected chi connectivity index (χ3v) is 7.18. The van der Waals surface area contributed by atoms with Crippen LogP contribution in [0.5, 0.6) is 5.75 Å². The SMILES string of the molecule is CC.Fc1cc(Cl)ccc1OCc1ccccc1.O=C(O)c1ccc2nc(CN3CCCC3)n(CC3CCO3)c2c1. The zero-order chi connectivity index (χ0) is 29.2. The Morgan fingerprint density at radius 1 is 1.10 bits per heavy atom. The van der Waals surface area contributed by atoms with Gasteiger partial charge in [0, 0.05) is 11.6 Å². The number of aromatic carboxylic acids is 1. The number of imidazole rings is 1. The summed E-state index contributed by atoms with van der Waals surface area (Å²) in [5, 5.41) is 9.61. The minimum absolute atomic E-state index is 0.216. The number of fused-ring (bicyclic) bond motifs is 1. The van der Waals surface area contributed by atoms with Crippen molar-refractivity contribution in [3.63, 3.8) is 0 Å². The number of carboxylic acids is 1. The summed E-state index contributed by atoms with van der Waals surface area (Å²) in [6.45, 7) is 8.97. The lowest BCUT2D eigenvalue weighted by Crippen LogP contribution is -2.32. The van der Waals surface area contributed by atoms with Gasteiger partial charge in [0.25, 0.3) is 0 Å². The third-order valence-electron chi connectivity index (χ3n) is 6.95. The number of carbonyl (C=O) groups is 1. The molecular weight excluding hydrogens is 545 g/mol. The minimum Gasteiger partial charge on any atom is -0.486 e. The first-order valence-electron chi connectivity index (χ1n) is 14.1. The highest BCUT2D eigenvalue weighted by Gasteiger charge is 2.24. The number of benzene rings is 3. The maximum absolute atomic E-state index is 13.3. The van der Waals surface area contributed by atoms with Crippen LogP contribution in [0.2, 0.25) is 5.02 Å². The molecule has 0 amide bonds. The number of aromatic nitrogens is 2. The van der Waals surface area contributed by atoms with E-state index in [-0.39, 0.29) is 11.9 Å². The van der Waals surface area contributed by atoms with Crippen molar-refractivity contribution < 1.29 is 23.8 Å². The highest BCUT2D eigenvalue weighted by atomic mass is 35.5. The molecule has 3 aromatic carbocycles. The summed E-state index contributed by atoms with van der Waals surface area (Å²) >= 11 is 5.64. The molecule has 0 spiro atoms. The van der Waals surface area contributed by atoms with Crippen molar-refractivity contribution in [3.05, 3.63) is 94.5 Å². The Morgan fingerprint density at radius 2 is 1.83 bits per heavy atom. The fraction of sp³-hybridized carbons (Fsp3) is 0.375. The molecule has 6 rings (SSSR count). The second-order valence-electron chi connectivity index (χ2n) is 9.76. The number of nitrogens with zero attached hydrogens (tertiary/aromatic N) is 3. The summed E-state index contributed by atoms with van der Waals surface area (Å²) in [4.78, 5) is 18.4. The smallest absolute Gasteiger partial charge is 0.335 e. The topological polar surface area (TPSA) is 76.8 Å². The number of hydrogen-bond acceptors (Lipinski definition) is 5. The Labute approximate surface area is 245 Å².